The van der Waals surface area contributed by atoms with Gasteiger partial charge >= 0.3 is 0 Å². The molecule has 0 spiro atoms. The van der Waals surface area contributed by atoms with Gasteiger partial charge in [-0.15, -0.1) is 11.8 Å². The zero-order chi connectivity index (χ0) is 15.3. The van der Waals surface area contributed by atoms with Crippen LogP contribution in [0, 0.1) is 31.1 Å². The molecule has 1 N–H and O–H groups in total. The summed E-state index contributed by atoms with van der Waals surface area (Å²) in [7, 11) is 0. The summed E-state index contributed by atoms with van der Waals surface area (Å²) in [6.07, 6.45) is 4.41. The first-order valence-electron chi connectivity index (χ1n) is 7.84. The molecule has 1 heterocycles. The monoisotopic (exact) mass is 303 g/mol. The number of aromatic nitrogens is 1. The van der Waals surface area contributed by atoms with Gasteiger partial charge in [0, 0.05) is 5.69 Å². The molecule has 1 aliphatic rings. The molecule has 0 saturated heterocycles. The Morgan fingerprint density at radius 2 is 2.29 bits per heavy atom. The SMILES string of the molecule is CCNC1(C#N)CCCC1CCSc1cc(C)cc(C)n1. The van der Waals surface area contributed by atoms with Gasteiger partial charge in [0.05, 0.1) is 11.1 Å². The maximum atomic E-state index is 9.58. The minimum Gasteiger partial charge on any atom is -0.299 e. The molecule has 114 valence electrons. The lowest BCUT2D eigenvalue weighted by molar-refractivity contribution is 0.317. The van der Waals surface area contributed by atoms with Crippen molar-refractivity contribution in [2.24, 2.45) is 5.92 Å². The lowest BCUT2D eigenvalue weighted by atomic mass is 9.86. The summed E-state index contributed by atoms with van der Waals surface area (Å²) in [6.45, 7) is 7.11. The van der Waals surface area contributed by atoms with Gasteiger partial charge in [-0.2, -0.15) is 5.26 Å². The molecular formula is C17H25N3S. The van der Waals surface area contributed by atoms with Crippen molar-refractivity contribution in [3.05, 3.63) is 23.4 Å². The highest BCUT2D eigenvalue weighted by molar-refractivity contribution is 7.99. The topological polar surface area (TPSA) is 48.7 Å². The van der Waals surface area contributed by atoms with Crippen molar-refractivity contribution in [2.75, 3.05) is 12.3 Å². The number of nitriles is 1. The van der Waals surface area contributed by atoms with E-state index in [1.54, 1.807) is 0 Å². The Kier molecular flexibility index (Phi) is 5.66. The molecule has 1 fully saturated rings. The number of aryl methyl sites for hydroxylation is 2. The van der Waals surface area contributed by atoms with Crippen LogP contribution in [-0.2, 0) is 0 Å². The molecule has 4 heteroatoms. The van der Waals surface area contributed by atoms with Crippen LogP contribution in [-0.4, -0.2) is 22.8 Å². The molecule has 1 saturated carbocycles. The Bertz CT molecular complexity index is 503. The van der Waals surface area contributed by atoms with Crippen molar-refractivity contribution in [1.29, 1.82) is 5.26 Å². The quantitative estimate of drug-likeness (QED) is 0.811. The Hall–Kier alpha value is -1.05. The number of pyridine rings is 1. The third kappa shape index (κ3) is 3.99. The van der Waals surface area contributed by atoms with E-state index in [4.69, 9.17) is 0 Å². The van der Waals surface area contributed by atoms with Crippen LogP contribution >= 0.6 is 11.8 Å². The molecule has 2 rings (SSSR count). The van der Waals surface area contributed by atoms with E-state index >= 15 is 0 Å². The maximum Gasteiger partial charge on any atom is 0.109 e. The van der Waals surface area contributed by atoms with Crippen molar-refractivity contribution in [3.8, 4) is 6.07 Å². The summed E-state index contributed by atoms with van der Waals surface area (Å²) >= 11 is 1.82. The highest BCUT2D eigenvalue weighted by atomic mass is 32.2. The first-order valence-corrected chi connectivity index (χ1v) is 8.82. The van der Waals surface area contributed by atoms with E-state index in [0.29, 0.717) is 5.92 Å². The van der Waals surface area contributed by atoms with Crippen LogP contribution in [0.25, 0.3) is 0 Å². The Morgan fingerprint density at radius 3 is 2.95 bits per heavy atom. The fourth-order valence-electron chi connectivity index (χ4n) is 3.39. The van der Waals surface area contributed by atoms with Crippen LogP contribution in [0.4, 0.5) is 0 Å². The van der Waals surface area contributed by atoms with Crippen LogP contribution in [0.5, 0.6) is 0 Å². The Labute approximate surface area is 132 Å². The van der Waals surface area contributed by atoms with Gasteiger partial charge in [0.1, 0.15) is 5.54 Å². The van der Waals surface area contributed by atoms with Gasteiger partial charge in [0.25, 0.3) is 0 Å². The zero-order valence-corrected chi connectivity index (χ0v) is 14.1. The average molecular weight is 303 g/mol. The van der Waals surface area contributed by atoms with Gasteiger partial charge in [0.2, 0.25) is 0 Å². The number of hydrogen-bond acceptors (Lipinski definition) is 4. The average Bonchev–Trinajstić information content (AvgIpc) is 2.82. The van der Waals surface area contributed by atoms with E-state index < -0.39 is 0 Å². The molecule has 1 aromatic heterocycles. The largest absolute Gasteiger partial charge is 0.299 e. The molecule has 2 atom stereocenters. The van der Waals surface area contributed by atoms with Crippen LogP contribution in [0.3, 0.4) is 0 Å². The standard InChI is InChI=1S/C17H25N3S/c1-4-19-17(12-18)8-5-6-15(17)7-9-21-16-11-13(2)10-14(3)20-16/h10-11,15,19H,4-9H2,1-3H3. The van der Waals surface area contributed by atoms with E-state index in [1.165, 1.54) is 12.0 Å². The zero-order valence-electron chi connectivity index (χ0n) is 13.3. The smallest absolute Gasteiger partial charge is 0.109 e. The van der Waals surface area contributed by atoms with Crippen molar-refractivity contribution in [3.63, 3.8) is 0 Å². The second-order valence-electron chi connectivity index (χ2n) is 5.96. The molecule has 0 radical (unpaired) electrons. The van der Waals surface area contributed by atoms with Crippen LogP contribution in [0.2, 0.25) is 0 Å². The van der Waals surface area contributed by atoms with Gasteiger partial charge in [-0.25, -0.2) is 4.98 Å². The summed E-state index contributed by atoms with van der Waals surface area (Å²) < 4.78 is 0. The summed E-state index contributed by atoms with van der Waals surface area (Å²) in [6, 6.07) is 6.81. The highest BCUT2D eigenvalue weighted by Crippen LogP contribution is 2.38. The van der Waals surface area contributed by atoms with Gasteiger partial charge in [0.15, 0.2) is 0 Å². The molecule has 2 unspecified atom stereocenters. The summed E-state index contributed by atoms with van der Waals surface area (Å²) in [5.41, 5.74) is 2.06. The van der Waals surface area contributed by atoms with Gasteiger partial charge in [-0.05, 0) is 69.0 Å². The summed E-state index contributed by atoms with van der Waals surface area (Å²) in [5, 5.41) is 14.1. The fourth-order valence-corrected chi connectivity index (χ4v) is 4.48. The first-order chi connectivity index (χ1) is 10.1. The van der Waals surface area contributed by atoms with Crippen LogP contribution in [0.15, 0.2) is 17.2 Å². The minimum absolute atomic E-state index is 0.286. The van der Waals surface area contributed by atoms with E-state index in [1.807, 2.05) is 18.7 Å². The number of nitrogens with zero attached hydrogens (tertiary/aromatic N) is 2. The van der Waals surface area contributed by atoms with E-state index in [0.717, 1.165) is 42.3 Å². The minimum atomic E-state index is -0.286. The lowest BCUT2D eigenvalue weighted by Crippen LogP contribution is -2.47. The molecule has 0 aliphatic heterocycles. The third-order valence-electron chi connectivity index (χ3n) is 4.30. The number of thioether (sulfide) groups is 1. The third-order valence-corrected chi connectivity index (χ3v) is 5.25. The molecule has 0 aromatic carbocycles. The van der Waals surface area contributed by atoms with Crippen molar-refractivity contribution in [1.82, 2.24) is 10.3 Å². The van der Waals surface area contributed by atoms with Crippen LogP contribution in [0.1, 0.15) is 43.9 Å². The van der Waals surface area contributed by atoms with E-state index in [-0.39, 0.29) is 5.54 Å². The molecule has 0 amide bonds. The van der Waals surface area contributed by atoms with Gasteiger partial charge in [-0.1, -0.05) is 13.3 Å². The molecule has 3 nitrogen and oxygen atoms in total. The summed E-state index contributed by atoms with van der Waals surface area (Å²) in [4.78, 5) is 4.57. The lowest BCUT2D eigenvalue weighted by Gasteiger charge is -2.29. The number of rotatable bonds is 6. The second-order valence-corrected chi connectivity index (χ2v) is 7.08. The van der Waals surface area contributed by atoms with Gasteiger partial charge < -0.3 is 0 Å². The first kappa shape index (κ1) is 16.3. The molecule has 21 heavy (non-hydrogen) atoms. The number of hydrogen-bond donors (Lipinski definition) is 1. The molecule has 0 bridgehead atoms. The Balaban J connectivity index is 1.92. The Morgan fingerprint density at radius 1 is 1.48 bits per heavy atom. The van der Waals surface area contributed by atoms with E-state index in [9.17, 15) is 5.26 Å². The molecule has 1 aromatic rings. The van der Waals surface area contributed by atoms with Gasteiger partial charge in [-0.3, -0.25) is 5.32 Å². The van der Waals surface area contributed by atoms with Crippen LogP contribution < -0.4 is 5.32 Å². The summed E-state index contributed by atoms with van der Waals surface area (Å²) in [5.74, 6) is 1.51. The number of nitrogens with one attached hydrogen (secondary N) is 1. The fraction of sp³-hybridized carbons (Fsp3) is 0.647. The predicted octanol–water partition coefficient (Wildman–Crippen LogP) is 3.85. The molecular weight excluding hydrogens is 278 g/mol. The van der Waals surface area contributed by atoms with Crippen molar-refractivity contribution < 1.29 is 0 Å². The van der Waals surface area contributed by atoms with E-state index in [2.05, 4.69) is 42.4 Å². The normalized spacial score (nSPS) is 25.0. The maximum absolute atomic E-state index is 9.58. The van der Waals surface area contributed by atoms with Crippen molar-refractivity contribution >= 4 is 11.8 Å². The molecule has 1 aliphatic carbocycles. The highest BCUT2D eigenvalue weighted by Gasteiger charge is 2.41. The van der Waals surface area contributed by atoms with Crippen molar-refractivity contribution in [2.45, 2.75) is 57.0 Å². The second kappa shape index (κ2) is 7.29. The predicted molar refractivity (Wildman–Crippen MR) is 88.4 cm³/mol.